The van der Waals surface area contributed by atoms with E-state index in [-0.39, 0.29) is 5.91 Å². The first-order valence-corrected chi connectivity index (χ1v) is 2.47. The monoisotopic (exact) mass is 131 g/mol. The van der Waals surface area contributed by atoms with Crippen LogP contribution >= 0.6 is 0 Å². The zero-order valence-electron chi connectivity index (χ0n) is 6.10. The van der Waals surface area contributed by atoms with E-state index >= 15 is 0 Å². The summed E-state index contributed by atoms with van der Waals surface area (Å²) in [5.74, 6) is -0.144. The summed E-state index contributed by atoms with van der Waals surface area (Å²) in [6.45, 7) is 3.22. The fraction of sp³-hybridized carbons (Fsp3) is 0.500. The molecule has 54 valence electrons. The van der Waals surface area contributed by atoms with E-state index in [4.69, 9.17) is 0 Å². The molecule has 0 aromatic carbocycles. The molecule has 0 saturated heterocycles. The van der Waals surface area contributed by atoms with Crippen molar-refractivity contribution >= 4 is 5.91 Å². The zero-order chi connectivity index (χ0) is 7.70. The van der Waals surface area contributed by atoms with Gasteiger partial charge in [-0.1, -0.05) is 6.58 Å². The lowest BCUT2D eigenvalue weighted by atomic mass is 10.6. The minimum atomic E-state index is -0.144. The Labute approximate surface area is 55.7 Å². The molecule has 0 aliphatic rings. The van der Waals surface area contributed by atoms with Crippen molar-refractivity contribution in [3.63, 3.8) is 0 Å². The molecule has 0 radical (unpaired) electrons. The second kappa shape index (κ2) is 10.2. The quantitative estimate of drug-likeness (QED) is 0.515. The molecule has 1 N–H and O–H groups in total. The van der Waals surface area contributed by atoms with E-state index in [1.165, 1.54) is 6.08 Å². The lowest BCUT2D eigenvalue weighted by Crippen LogP contribution is -2.13. The molecular formula is C6H13NO2. The van der Waals surface area contributed by atoms with Crippen molar-refractivity contribution in [3.8, 4) is 0 Å². The van der Waals surface area contributed by atoms with E-state index < -0.39 is 0 Å². The van der Waals surface area contributed by atoms with Gasteiger partial charge in [0.25, 0.3) is 0 Å². The van der Waals surface area contributed by atoms with Crippen molar-refractivity contribution in [3.05, 3.63) is 12.7 Å². The van der Waals surface area contributed by atoms with Gasteiger partial charge in [-0.2, -0.15) is 0 Å². The standard InChI is InChI=1S/C4H7NO.C2H6O/c1-3-4(6)5-2;1-3-2/h3H,1H2,2H3,(H,5,6);1-2H3. The molecule has 0 unspecified atom stereocenters. The number of rotatable bonds is 1. The van der Waals surface area contributed by atoms with Gasteiger partial charge in [-0.3, -0.25) is 4.79 Å². The van der Waals surface area contributed by atoms with Crippen molar-refractivity contribution in [2.45, 2.75) is 0 Å². The second-order valence-corrected chi connectivity index (χ2v) is 1.23. The number of carbonyl (C=O) groups is 1. The number of carbonyl (C=O) groups excluding carboxylic acids is 1. The van der Waals surface area contributed by atoms with Crippen molar-refractivity contribution in [2.24, 2.45) is 0 Å². The van der Waals surface area contributed by atoms with Gasteiger partial charge in [-0.25, -0.2) is 0 Å². The Balaban J connectivity index is 0. The Morgan fingerprint density at radius 1 is 1.67 bits per heavy atom. The van der Waals surface area contributed by atoms with Gasteiger partial charge >= 0.3 is 0 Å². The van der Waals surface area contributed by atoms with E-state index in [1.807, 2.05) is 0 Å². The summed E-state index contributed by atoms with van der Waals surface area (Å²) in [7, 11) is 4.81. The van der Waals surface area contributed by atoms with Gasteiger partial charge in [0, 0.05) is 21.3 Å². The number of nitrogens with one attached hydrogen (secondary N) is 1. The number of likely N-dealkylation sites (N-methyl/N-ethyl adjacent to an activating group) is 1. The van der Waals surface area contributed by atoms with Crippen LogP contribution in [0.25, 0.3) is 0 Å². The maximum absolute atomic E-state index is 9.95. The lowest BCUT2D eigenvalue weighted by Gasteiger charge is -1.82. The van der Waals surface area contributed by atoms with Crippen LogP contribution in [0.1, 0.15) is 0 Å². The third-order valence-electron chi connectivity index (χ3n) is 0.432. The van der Waals surface area contributed by atoms with Crippen molar-refractivity contribution in [1.82, 2.24) is 5.32 Å². The molecule has 0 aliphatic heterocycles. The number of amides is 1. The van der Waals surface area contributed by atoms with Crippen LogP contribution in [0, 0.1) is 0 Å². The smallest absolute Gasteiger partial charge is 0.243 e. The summed E-state index contributed by atoms with van der Waals surface area (Å²) >= 11 is 0. The molecule has 0 spiro atoms. The van der Waals surface area contributed by atoms with Crippen molar-refractivity contribution in [2.75, 3.05) is 21.3 Å². The van der Waals surface area contributed by atoms with E-state index in [0.29, 0.717) is 0 Å². The molecule has 0 fully saturated rings. The van der Waals surface area contributed by atoms with E-state index in [2.05, 4.69) is 16.6 Å². The largest absolute Gasteiger partial charge is 0.388 e. The van der Waals surface area contributed by atoms with Crippen LogP contribution in [-0.2, 0) is 9.53 Å². The molecule has 0 aliphatic carbocycles. The highest BCUT2D eigenvalue weighted by molar-refractivity contribution is 5.86. The molecule has 0 aromatic heterocycles. The van der Waals surface area contributed by atoms with Crippen molar-refractivity contribution in [1.29, 1.82) is 0 Å². The van der Waals surface area contributed by atoms with Gasteiger partial charge in [0.05, 0.1) is 0 Å². The number of ether oxygens (including phenoxy) is 1. The first-order valence-electron chi connectivity index (χ1n) is 2.47. The van der Waals surface area contributed by atoms with Gasteiger partial charge in [-0.05, 0) is 6.08 Å². The van der Waals surface area contributed by atoms with Crippen LogP contribution in [0.5, 0.6) is 0 Å². The predicted molar refractivity (Wildman–Crippen MR) is 37.2 cm³/mol. The first kappa shape index (κ1) is 11.0. The summed E-state index contributed by atoms with van der Waals surface area (Å²) < 4.78 is 4.25. The number of hydrogen-bond donors (Lipinski definition) is 1. The molecule has 3 heteroatoms. The molecule has 1 amide bonds. The Morgan fingerprint density at radius 2 is 2.00 bits per heavy atom. The van der Waals surface area contributed by atoms with Gasteiger partial charge in [0.15, 0.2) is 0 Å². The van der Waals surface area contributed by atoms with E-state index in [0.717, 1.165) is 0 Å². The van der Waals surface area contributed by atoms with Crippen LogP contribution in [-0.4, -0.2) is 27.2 Å². The first-order chi connectivity index (χ1) is 4.22. The summed E-state index contributed by atoms with van der Waals surface area (Å²) in [5, 5.41) is 2.36. The van der Waals surface area contributed by atoms with Crippen LogP contribution in [0.2, 0.25) is 0 Å². The zero-order valence-corrected chi connectivity index (χ0v) is 6.10. The van der Waals surface area contributed by atoms with Crippen molar-refractivity contribution < 1.29 is 9.53 Å². The topological polar surface area (TPSA) is 38.3 Å². The summed E-state index contributed by atoms with van der Waals surface area (Å²) in [5.41, 5.74) is 0. The Kier molecular flexibility index (Phi) is 12.5. The molecule has 0 saturated carbocycles. The average Bonchev–Trinajstić information content (AvgIpc) is 1.88. The fourth-order valence-electron chi connectivity index (χ4n) is 0.102. The van der Waals surface area contributed by atoms with Gasteiger partial charge in [0.2, 0.25) is 5.91 Å². The highest BCUT2D eigenvalue weighted by Gasteiger charge is 1.78. The summed E-state index contributed by atoms with van der Waals surface area (Å²) in [6.07, 6.45) is 1.22. The Bertz CT molecular complexity index is 81.1. The fourth-order valence-corrected chi connectivity index (χ4v) is 0.102. The SMILES string of the molecule is C=CC(=O)NC.COC. The predicted octanol–water partition coefficient (Wildman–Crippen LogP) is 0.181. The number of methoxy groups -OCH3 is 1. The highest BCUT2D eigenvalue weighted by Crippen LogP contribution is 1.56. The number of hydrogen-bond acceptors (Lipinski definition) is 2. The van der Waals surface area contributed by atoms with Gasteiger partial charge in [0.1, 0.15) is 0 Å². The van der Waals surface area contributed by atoms with Crippen LogP contribution in [0.4, 0.5) is 0 Å². The van der Waals surface area contributed by atoms with E-state index in [1.54, 1.807) is 21.3 Å². The Hall–Kier alpha value is -0.830. The molecule has 0 rings (SSSR count). The average molecular weight is 131 g/mol. The lowest BCUT2D eigenvalue weighted by molar-refractivity contribution is -0.116. The van der Waals surface area contributed by atoms with E-state index in [9.17, 15) is 4.79 Å². The molecule has 3 nitrogen and oxygen atoms in total. The molecular weight excluding hydrogens is 118 g/mol. The summed E-state index contributed by atoms with van der Waals surface area (Å²) in [4.78, 5) is 9.95. The molecule has 0 atom stereocenters. The minimum Gasteiger partial charge on any atom is -0.388 e. The molecule has 0 aromatic rings. The van der Waals surface area contributed by atoms with Gasteiger partial charge < -0.3 is 10.1 Å². The third-order valence-corrected chi connectivity index (χ3v) is 0.432. The maximum atomic E-state index is 9.95. The molecule has 9 heavy (non-hydrogen) atoms. The highest BCUT2D eigenvalue weighted by atomic mass is 16.4. The molecule has 0 bridgehead atoms. The van der Waals surface area contributed by atoms with Crippen LogP contribution < -0.4 is 5.32 Å². The summed E-state index contributed by atoms with van der Waals surface area (Å²) in [6, 6.07) is 0. The Morgan fingerprint density at radius 3 is 2.00 bits per heavy atom. The normalized spacial score (nSPS) is 6.56. The molecule has 0 heterocycles. The second-order valence-electron chi connectivity index (χ2n) is 1.23. The minimum absolute atomic E-state index is 0.144. The van der Waals surface area contributed by atoms with Gasteiger partial charge in [-0.15, -0.1) is 0 Å². The third kappa shape index (κ3) is 19.1. The van der Waals surface area contributed by atoms with Crippen LogP contribution in [0.15, 0.2) is 12.7 Å². The van der Waals surface area contributed by atoms with Crippen LogP contribution in [0.3, 0.4) is 0 Å². The maximum Gasteiger partial charge on any atom is 0.243 e.